The maximum absolute atomic E-state index is 14.2. The van der Waals surface area contributed by atoms with Crippen molar-refractivity contribution in [3.63, 3.8) is 0 Å². The number of rotatable bonds is 5. The minimum Gasteiger partial charge on any atom is -0.346 e. The van der Waals surface area contributed by atoms with Crippen LogP contribution in [0.25, 0.3) is 0 Å². The van der Waals surface area contributed by atoms with Gasteiger partial charge in [0, 0.05) is 29.8 Å². The molecule has 0 saturated carbocycles. The maximum Gasteiger partial charge on any atom is 0.255 e. The van der Waals surface area contributed by atoms with Crippen molar-refractivity contribution in [2.45, 2.75) is 51.7 Å². The molecule has 186 valence electrons. The predicted octanol–water partition coefficient (Wildman–Crippen LogP) is 6.98. The van der Waals surface area contributed by atoms with Gasteiger partial charge in [-0.15, -0.1) is 0 Å². The lowest BCUT2D eigenvalue weighted by Crippen LogP contribution is -2.52. The molecule has 0 N–H and O–H groups in total. The highest BCUT2D eigenvalue weighted by atomic mass is 16.2. The minimum atomic E-state index is -0.160. The van der Waals surface area contributed by atoms with Crippen LogP contribution < -0.4 is 4.90 Å². The van der Waals surface area contributed by atoms with Crippen LogP contribution in [0.3, 0.4) is 0 Å². The zero-order valence-electron chi connectivity index (χ0n) is 21.9. The number of amides is 1. The third-order valence-electron chi connectivity index (χ3n) is 8.31. The van der Waals surface area contributed by atoms with Crippen LogP contribution in [0, 0.1) is 20.8 Å². The Morgan fingerprint density at radius 1 is 0.811 bits per heavy atom. The van der Waals surface area contributed by atoms with Crippen molar-refractivity contribution in [1.82, 2.24) is 4.90 Å². The molecule has 2 atom stereocenters. The number of benzene rings is 4. The van der Waals surface area contributed by atoms with Gasteiger partial charge in [0.15, 0.2) is 0 Å². The number of carbonyl (C=O) groups excluding carboxylic acids is 1. The van der Waals surface area contributed by atoms with Crippen LogP contribution in [-0.4, -0.2) is 23.5 Å². The van der Waals surface area contributed by atoms with E-state index in [1.165, 1.54) is 33.5 Å². The van der Waals surface area contributed by atoms with Crippen LogP contribution in [0.4, 0.5) is 5.69 Å². The highest BCUT2D eigenvalue weighted by molar-refractivity contribution is 5.96. The normalized spacial score (nSPS) is 20.1. The summed E-state index contributed by atoms with van der Waals surface area (Å²) in [5.74, 6) is 0.135. The van der Waals surface area contributed by atoms with Gasteiger partial charge in [0.2, 0.25) is 0 Å². The molecule has 0 bridgehead atoms. The van der Waals surface area contributed by atoms with Crippen LogP contribution in [0.5, 0.6) is 0 Å². The zero-order chi connectivity index (χ0) is 25.6. The number of hydrogen-bond donors (Lipinski definition) is 0. The van der Waals surface area contributed by atoms with Crippen molar-refractivity contribution in [1.29, 1.82) is 0 Å². The topological polar surface area (TPSA) is 23.6 Å². The van der Waals surface area contributed by atoms with E-state index in [-0.39, 0.29) is 17.5 Å². The van der Waals surface area contributed by atoms with Gasteiger partial charge < -0.3 is 9.80 Å². The molecular formula is C34H34N2O. The number of nitrogens with zero attached hydrogens (tertiary/aromatic N) is 2. The molecule has 0 radical (unpaired) electrons. The fourth-order valence-corrected chi connectivity index (χ4v) is 6.71. The average Bonchev–Trinajstić information content (AvgIpc) is 3.38. The minimum absolute atomic E-state index is 0.0435. The lowest BCUT2D eigenvalue weighted by molar-refractivity contribution is 0.0708. The van der Waals surface area contributed by atoms with E-state index in [1.807, 2.05) is 31.2 Å². The molecule has 0 spiro atoms. The summed E-state index contributed by atoms with van der Waals surface area (Å²) in [4.78, 5) is 18.8. The Balaban J connectivity index is 1.49. The lowest BCUT2D eigenvalue weighted by Gasteiger charge is -2.39. The second-order valence-electron chi connectivity index (χ2n) is 10.9. The van der Waals surface area contributed by atoms with Crippen molar-refractivity contribution >= 4 is 11.6 Å². The third-order valence-corrected chi connectivity index (χ3v) is 8.31. The van der Waals surface area contributed by atoms with E-state index in [0.29, 0.717) is 0 Å². The molecule has 4 aromatic rings. The van der Waals surface area contributed by atoms with Gasteiger partial charge in [-0.1, -0.05) is 96.1 Å². The van der Waals surface area contributed by atoms with Crippen molar-refractivity contribution in [3.8, 4) is 0 Å². The first-order chi connectivity index (χ1) is 18.0. The summed E-state index contributed by atoms with van der Waals surface area (Å²) in [6.45, 7) is 7.87. The summed E-state index contributed by atoms with van der Waals surface area (Å²) < 4.78 is 0. The molecule has 1 amide bonds. The molecule has 2 aliphatic rings. The standard InChI is InChI=1S/C34H34N2O/c1-24-10-8-13-27(20-24)22-34-18-19-35(32(37)29-15-5-4-12-26(29)3)33(34)36(31-17-7-6-16-30(31)34)23-28-14-9-11-25(2)21-28/h4-17,20-21,33H,18-19,22-23H2,1-3H3. The van der Waals surface area contributed by atoms with Gasteiger partial charge in [-0.2, -0.15) is 0 Å². The summed E-state index contributed by atoms with van der Waals surface area (Å²) in [5, 5.41) is 0. The van der Waals surface area contributed by atoms with Gasteiger partial charge in [-0.05, 0) is 68.0 Å². The Labute approximate surface area is 220 Å². The molecule has 1 fully saturated rings. The molecular weight excluding hydrogens is 452 g/mol. The Hall–Kier alpha value is -3.85. The fourth-order valence-electron chi connectivity index (χ4n) is 6.71. The first-order valence-corrected chi connectivity index (χ1v) is 13.3. The molecule has 1 saturated heterocycles. The van der Waals surface area contributed by atoms with Crippen LogP contribution >= 0.6 is 0 Å². The van der Waals surface area contributed by atoms with E-state index in [4.69, 9.17) is 0 Å². The Morgan fingerprint density at radius 2 is 1.49 bits per heavy atom. The molecule has 3 heteroatoms. The van der Waals surface area contributed by atoms with Crippen molar-refractivity contribution in [3.05, 3.63) is 136 Å². The molecule has 4 aromatic carbocycles. The van der Waals surface area contributed by atoms with Crippen LogP contribution in [0.2, 0.25) is 0 Å². The largest absolute Gasteiger partial charge is 0.346 e. The van der Waals surface area contributed by atoms with Gasteiger partial charge >= 0.3 is 0 Å². The number of likely N-dealkylation sites (tertiary alicyclic amines) is 1. The molecule has 37 heavy (non-hydrogen) atoms. The van der Waals surface area contributed by atoms with E-state index < -0.39 is 0 Å². The maximum atomic E-state index is 14.2. The van der Waals surface area contributed by atoms with E-state index in [9.17, 15) is 4.79 Å². The van der Waals surface area contributed by atoms with Crippen LogP contribution in [0.1, 0.15) is 50.2 Å². The number of para-hydroxylation sites is 1. The second-order valence-corrected chi connectivity index (χ2v) is 10.9. The number of carbonyl (C=O) groups is 1. The molecule has 2 heterocycles. The van der Waals surface area contributed by atoms with Gasteiger partial charge in [0.05, 0.1) is 0 Å². The van der Waals surface area contributed by atoms with Gasteiger partial charge in [-0.25, -0.2) is 0 Å². The molecule has 2 aliphatic heterocycles. The summed E-state index contributed by atoms with van der Waals surface area (Å²) in [5.41, 5.74) is 9.45. The van der Waals surface area contributed by atoms with Crippen molar-refractivity contribution in [2.24, 2.45) is 0 Å². The SMILES string of the molecule is Cc1cccc(CN2c3ccccc3C3(Cc4cccc(C)c4)CCN(C(=O)c4ccccc4C)C23)c1. The van der Waals surface area contributed by atoms with Crippen molar-refractivity contribution < 1.29 is 4.79 Å². The van der Waals surface area contributed by atoms with Crippen LogP contribution in [0.15, 0.2) is 97.1 Å². The molecule has 0 aliphatic carbocycles. The highest BCUT2D eigenvalue weighted by Gasteiger charge is 2.58. The Bertz CT molecular complexity index is 1470. The van der Waals surface area contributed by atoms with E-state index in [1.54, 1.807) is 0 Å². The smallest absolute Gasteiger partial charge is 0.255 e. The van der Waals surface area contributed by atoms with E-state index >= 15 is 0 Å². The van der Waals surface area contributed by atoms with E-state index in [2.05, 4.69) is 96.4 Å². The fraction of sp³-hybridized carbons (Fsp3) is 0.265. The van der Waals surface area contributed by atoms with Crippen molar-refractivity contribution in [2.75, 3.05) is 11.4 Å². The number of aryl methyl sites for hydroxylation is 3. The second kappa shape index (κ2) is 9.23. The monoisotopic (exact) mass is 486 g/mol. The highest BCUT2D eigenvalue weighted by Crippen LogP contribution is 2.54. The Kier molecular flexibility index (Phi) is 5.87. The number of hydrogen-bond acceptors (Lipinski definition) is 2. The van der Waals surface area contributed by atoms with E-state index in [0.717, 1.165) is 37.1 Å². The molecule has 2 unspecified atom stereocenters. The molecule has 6 rings (SSSR count). The predicted molar refractivity (Wildman–Crippen MR) is 151 cm³/mol. The number of anilines is 1. The van der Waals surface area contributed by atoms with Crippen LogP contribution in [-0.2, 0) is 18.4 Å². The summed E-state index contributed by atoms with van der Waals surface area (Å²) in [6, 6.07) is 34.5. The molecule has 0 aromatic heterocycles. The zero-order valence-corrected chi connectivity index (χ0v) is 21.9. The lowest BCUT2D eigenvalue weighted by atomic mass is 9.74. The average molecular weight is 487 g/mol. The number of fused-ring (bicyclic) bond motifs is 3. The molecule has 3 nitrogen and oxygen atoms in total. The van der Waals surface area contributed by atoms with Gasteiger partial charge in [0.25, 0.3) is 5.91 Å². The first-order valence-electron chi connectivity index (χ1n) is 13.3. The first kappa shape index (κ1) is 23.5. The summed E-state index contributed by atoms with van der Waals surface area (Å²) in [7, 11) is 0. The van der Waals surface area contributed by atoms with Gasteiger partial charge in [0.1, 0.15) is 6.17 Å². The summed E-state index contributed by atoms with van der Waals surface area (Å²) in [6.07, 6.45) is 1.82. The Morgan fingerprint density at radius 3 is 2.24 bits per heavy atom. The van der Waals surface area contributed by atoms with Gasteiger partial charge in [-0.3, -0.25) is 4.79 Å². The summed E-state index contributed by atoms with van der Waals surface area (Å²) >= 11 is 0. The quantitative estimate of drug-likeness (QED) is 0.304. The third kappa shape index (κ3) is 4.03.